The third kappa shape index (κ3) is 3.94. The van der Waals surface area contributed by atoms with Crippen molar-refractivity contribution in [2.75, 3.05) is 7.05 Å². The van der Waals surface area contributed by atoms with Gasteiger partial charge in [-0.05, 0) is 26.3 Å². The summed E-state index contributed by atoms with van der Waals surface area (Å²) in [5.74, 6) is 0. The smallest absolute Gasteiger partial charge is 0.137 e. The highest BCUT2D eigenvalue weighted by Crippen LogP contribution is 2.23. The van der Waals surface area contributed by atoms with Crippen molar-refractivity contribution in [2.24, 2.45) is 0 Å². The largest absolute Gasteiger partial charge is 0.302 e. The molecule has 0 aromatic heterocycles. The van der Waals surface area contributed by atoms with Crippen molar-refractivity contribution in [3.8, 4) is 0 Å². The molecule has 0 bridgehead atoms. The lowest BCUT2D eigenvalue weighted by molar-refractivity contribution is -0.113. The average molecular weight is 211 g/mol. The fourth-order valence-electron chi connectivity index (χ4n) is 2.54. The molecule has 0 amide bonds. The highest BCUT2D eigenvalue weighted by Gasteiger charge is 2.23. The van der Waals surface area contributed by atoms with Crippen LogP contribution in [-0.2, 0) is 4.79 Å². The van der Waals surface area contributed by atoms with E-state index in [1.165, 1.54) is 44.9 Å². The van der Waals surface area contributed by atoms with E-state index in [1.807, 2.05) is 0 Å². The van der Waals surface area contributed by atoms with Crippen LogP contribution < -0.4 is 0 Å². The topological polar surface area (TPSA) is 20.3 Å². The quantitative estimate of drug-likeness (QED) is 0.629. The molecule has 2 heteroatoms. The normalized spacial score (nSPS) is 20.5. The Kier molecular flexibility index (Phi) is 5.92. The van der Waals surface area contributed by atoms with Crippen molar-refractivity contribution in [1.29, 1.82) is 0 Å². The molecule has 1 unspecified atom stereocenters. The molecule has 88 valence electrons. The lowest BCUT2D eigenvalue weighted by Gasteiger charge is -2.34. The van der Waals surface area contributed by atoms with Crippen LogP contribution in [0.1, 0.15) is 58.3 Å². The minimum Gasteiger partial charge on any atom is -0.302 e. The van der Waals surface area contributed by atoms with E-state index in [9.17, 15) is 4.79 Å². The van der Waals surface area contributed by atoms with Crippen LogP contribution in [0.4, 0.5) is 0 Å². The van der Waals surface area contributed by atoms with E-state index in [1.54, 1.807) is 0 Å². The molecule has 1 atom stereocenters. The number of likely N-dealkylation sites (N-methyl/N-ethyl adjacent to an activating group) is 1. The molecule has 1 aliphatic rings. The van der Waals surface area contributed by atoms with E-state index >= 15 is 0 Å². The Morgan fingerprint density at radius 2 is 2.00 bits per heavy atom. The van der Waals surface area contributed by atoms with E-state index in [4.69, 9.17) is 0 Å². The van der Waals surface area contributed by atoms with Crippen LogP contribution in [0.15, 0.2) is 0 Å². The maximum Gasteiger partial charge on any atom is 0.137 e. The van der Waals surface area contributed by atoms with E-state index in [0.717, 1.165) is 12.7 Å². The third-order valence-corrected chi connectivity index (χ3v) is 3.68. The van der Waals surface area contributed by atoms with Gasteiger partial charge in [0, 0.05) is 6.04 Å². The van der Waals surface area contributed by atoms with Gasteiger partial charge in [-0.1, -0.05) is 39.0 Å². The first-order valence-corrected chi connectivity index (χ1v) is 6.46. The first-order valence-electron chi connectivity index (χ1n) is 6.46. The summed E-state index contributed by atoms with van der Waals surface area (Å²) in [5, 5.41) is 0. The first-order chi connectivity index (χ1) is 7.29. The molecule has 0 radical (unpaired) electrons. The van der Waals surface area contributed by atoms with Crippen molar-refractivity contribution >= 4 is 6.29 Å². The molecule has 2 nitrogen and oxygen atoms in total. The van der Waals surface area contributed by atoms with Crippen LogP contribution in [0, 0.1) is 0 Å². The molecular weight excluding hydrogens is 186 g/mol. The third-order valence-electron chi connectivity index (χ3n) is 3.68. The van der Waals surface area contributed by atoms with Gasteiger partial charge in [-0.15, -0.1) is 0 Å². The van der Waals surface area contributed by atoms with Gasteiger partial charge in [-0.25, -0.2) is 0 Å². The summed E-state index contributed by atoms with van der Waals surface area (Å²) < 4.78 is 0. The molecular formula is C13H25NO. The molecule has 0 aliphatic heterocycles. The fraction of sp³-hybridized carbons (Fsp3) is 0.923. The van der Waals surface area contributed by atoms with Gasteiger partial charge in [0.05, 0.1) is 6.04 Å². The Morgan fingerprint density at radius 1 is 1.33 bits per heavy atom. The Bertz CT molecular complexity index is 175. The van der Waals surface area contributed by atoms with Gasteiger partial charge in [0.25, 0.3) is 0 Å². The zero-order valence-electron chi connectivity index (χ0n) is 10.2. The van der Waals surface area contributed by atoms with Crippen LogP contribution in [0.3, 0.4) is 0 Å². The highest BCUT2D eigenvalue weighted by molar-refractivity contribution is 5.57. The zero-order chi connectivity index (χ0) is 11.1. The number of hydrogen-bond acceptors (Lipinski definition) is 2. The predicted molar refractivity (Wildman–Crippen MR) is 64.0 cm³/mol. The van der Waals surface area contributed by atoms with Crippen LogP contribution in [-0.4, -0.2) is 30.3 Å². The second-order valence-corrected chi connectivity index (χ2v) is 4.80. The maximum absolute atomic E-state index is 11.1. The number of aldehydes is 1. The van der Waals surface area contributed by atoms with Crippen molar-refractivity contribution in [2.45, 2.75) is 70.4 Å². The van der Waals surface area contributed by atoms with Crippen molar-refractivity contribution in [3.63, 3.8) is 0 Å². The van der Waals surface area contributed by atoms with Gasteiger partial charge in [-0.3, -0.25) is 4.90 Å². The lowest BCUT2D eigenvalue weighted by Crippen LogP contribution is -2.42. The summed E-state index contributed by atoms with van der Waals surface area (Å²) in [7, 11) is 2.13. The van der Waals surface area contributed by atoms with E-state index in [0.29, 0.717) is 6.04 Å². The van der Waals surface area contributed by atoms with Crippen LogP contribution in [0.5, 0.6) is 0 Å². The molecule has 0 saturated heterocycles. The van der Waals surface area contributed by atoms with Gasteiger partial charge in [0.15, 0.2) is 0 Å². The van der Waals surface area contributed by atoms with E-state index in [-0.39, 0.29) is 6.04 Å². The Hall–Kier alpha value is -0.370. The molecule has 1 rings (SSSR count). The molecule has 15 heavy (non-hydrogen) atoms. The van der Waals surface area contributed by atoms with Gasteiger partial charge in [0.1, 0.15) is 6.29 Å². The zero-order valence-corrected chi connectivity index (χ0v) is 10.2. The van der Waals surface area contributed by atoms with Gasteiger partial charge in [0.2, 0.25) is 0 Å². The minimum atomic E-state index is 0.160. The second kappa shape index (κ2) is 7.00. The molecule has 1 saturated carbocycles. The summed E-state index contributed by atoms with van der Waals surface area (Å²) in [6.45, 7) is 2.18. The lowest BCUT2D eigenvalue weighted by atomic mass is 9.93. The molecule has 0 aromatic rings. The van der Waals surface area contributed by atoms with E-state index in [2.05, 4.69) is 18.9 Å². The highest BCUT2D eigenvalue weighted by atomic mass is 16.1. The molecule has 1 fully saturated rings. The van der Waals surface area contributed by atoms with Crippen LogP contribution >= 0.6 is 0 Å². The summed E-state index contributed by atoms with van der Waals surface area (Å²) in [4.78, 5) is 13.4. The molecule has 0 aromatic carbocycles. The summed E-state index contributed by atoms with van der Waals surface area (Å²) in [6, 6.07) is 0.818. The first kappa shape index (κ1) is 12.7. The summed E-state index contributed by atoms with van der Waals surface area (Å²) in [5.41, 5.74) is 0. The number of hydrogen-bond donors (Lipinski definition) is 0. The SMILES string of the molecule is CCCCC(C=O)N(C)C1CCCCC1. The maximum atomic E-state index is 11.1. The number of nitrogens with zero attached hydrogens (tertiary/aromatic N) is 1. The fourth-order valence-corrected chi connectivity index (χ4v) is 2.54. The van der Waals surface area contributed by atoms with Crippen LogP contribution in [0.2, 0.25) is 0 Å². The predicted octanol–water partition coefficient (Wildman–Crippen LogP) is 3.01. The Balaban J connectivity index is 2.39. The van der Waals surface area contributed by atoms with Crippen molar-refractivity contribution in [1.82, 2.24) is 4.90 Å². The summed E-state index contributed by atoms with van der Waals surface area (Å²) >= 11 is 0. The number of carbonyl (C=O) groups is 1. The second-order valence-electron chi connectivity index (χ2n) is 4.80. The number of carbonyl (C=O) groups excluding carboxylic acids is 1. The van der Waals surface area contributed by atoms with Gasteiger partial charge >= 0.3 is 0 Å². The molecule has 0 N–H and O–H groups in total. The molecule has 1 aliphatic carbocycles. The summed E-state index contributed by atoms with van der Waals surface area (Å²) in [6.07, 6.45) is 11.2. The van der Waals surface area contributed by atoms with E-state index < -0.39 is 0 Å². The number of rotatable bonds is 6. The minimum absolute atomic E-state index is 0.160. The van der Waals surface area contributed by atoms with Crippen molar-refractivity contribution < 1.29 is 4.79 Å². The monoisotopic (exact) mass is 211 g/mol. The Labute approximate surface area is 94.0 Å². The average Bonchev–Trinajstić information content (AvgIpc) is 2.31. The van der Waals surface area contributed by atoms with Gasteiger partial charge in [-0.2, -0.15) is 0 Å². The standard InChI is InChI=1S/C13H25NO/c1-3-4-8-13(11-15)14(2)12-9-6-5-7-10-12/h11-13H,3-10H2,1-2H3. The molecule has 0 spiro atoms. The number of unbranched alkanes of at least 4 members (excludes halogenated alkanes) is 1. The van der Waals surface area contributed by atoms with Crippen LogP contribution in [0.25, 0.3) is 0 Å². The molecule has 0 heterocycles. The Morgan fingerprint density at radius 3 is 2.53 bits per heavy atom. The van der Waals surface area contributed by atoms with Crippen molar-refractivity contribution in [3.05, 3.63) is 0 Å². The van der Waals surface area contributed by atoms with Gasteiger partial charge < -0.3 is 4.79 Å².